The number of nitrogens with zero attached hydrogens (tertiary/aromatic N) is 1. The quantitative estimate of drug-likeness (QED) is 0.565. The van der Waals surface area contributed by atoms with E-state index < -0.39 is 0 Å². The van der Waals surface area contributed by atoms with Gasteiger partial charge in [0, 0.05) is 6.54 Å². The summed E-state index contributed by atoms with van der Waals surface area (Å²) in [6.45, 7) is 14.8. The predicted octanol–water partition coefficient (Wildman–Crippen LogP) is 2.76. The van der Waals surface area contributed by atoms with E-state index in [1.165, 1.54) is 26.1 Å². The highest BCUT2D eigenvalue weighted by atomic mass is 15.1. The van der Waals surface area contributed by atoms with Crippen LogP contribution in [-0.4, -0.2) is 24.5 Å². The van der Waals surface area contributed by atoms with Crippen molar-refractivity contribution in [3.63, 3.8) is 0 Å². The molecule has 0 unspecified atom stereocenters. The fourth-order valence-electron chi connectivity index (χ4n) is 1.49. The van der Waals surface area contributed by atoms with Gasteiger partial charge in [-0.3, -0.25) is 0 Å². The summed E-state index contributed by atoms with van der Waals surface area (Å²) >= 11 is 0. The van der Waals surface area contributed by atoms with Gasteiger partial charge in [-0.05, 0) is 24.9 Å². The molecule has 1 fully saturated rings. The van der Waals surface area contributed by atoms with Gasteiger partial charge in [0.05, 0.1) is 0 Å². The highest BCUT2D eigenvalue weighted by Crippen LogP contribution is 2.27. The highest BCUT2D eigenvalue weighted by molar-refractivity contribution is 4.81. The second-order valence-electron chi connectivity index (χ2n) is 3.78. The summed E-state index contributed by atoms with van der Waals surface area (Å²) in [6, 6.07) is 0. The minimum atomic E-state index is 0.593. The molecule has 1 rings (SSSR count). The van der Waals surface area contributed by atoms with Crippen molar-refractivity contribution >= 4 is 0 Å². The second-order valence-corrected chi connectivity index (χ2v) is 3.78. The van der Waals surface area contributed by atoms with Crippen LogP contribution in [0.25, 0.3) is 0 Å². The third-order valence-corrected chi connectivity index (χ3v) is 2.20. The molecule has 1 saturated heterocycles. The van der Waals surface area contributed by atoms with Crippen LogP contribution < -0.4 is 0 Å². The first kappa shape index (κ1) is 11.0. The van der Waals surface area contributed by atoms with Crippen molar-refractivity contribution in [3.8, 4) is 0 Å². The van der Waals surface area contributed by atoms with Gasteiger partial charge in [0.15, 0.2) is 0 Å². The molecule has 1 nitrogen and oxygen atoms in total. The van der Waals surface area contributed by atoms with E-state index in [4.69, 9.17) is 0 Å². The molecular weight excluding hydrogens is 134 g/mol. The zero-order chi connectivity index (χ0) is 8.91. The fourth-order valence-corrected chi connectivity index (χ4v) is 1.49. The molecule has 0 amide bonds. The fraction of sp³-hybridized carbons (Fsp3) is 1.00. The lowest BCUT2D eigenvalue weighted by molar-refractivity contribution is 0.303. The Morgan fingerprint density at radius 1 is 1.27 bits per heavy atom. The Hall–Kier alpha value is -0.0400. The number of rotatable bonds is 1. The van der Waals surface area contributed by atoms with Crippen molar-refractivity contribution in [3.05, 3.63) is 0 Å². The molecule has 0 spiro atoms. The monoisotopic (exact) mass is 157 g/mol. The van der Waals surface area contributed by atoms with Crippen LogP contribution in [0.3, 0.4) is 0 Å². The van der Waals surface area contributed by atoms with Crippen LogP contribution in [0.15, 0.2) is 0 Å². The van der Waals surface area contributed by atoms with Crippen molar-refractivity contribution in [1.82, 2.24) is 4.90 Å². The van der Waals surface area contributed by atoms with Crippen molar-refractivity contribution < 1.29 is 0 Å². The summed E-state index contributed by atoms with van der Waals surface area (Å²) in [6.07, 6.45) is 1.38. The SMILES string of the molecule is CC.CCN1CCC(C)(C)C1. The Morgan fingerprint density at radius 2 is 1.82 bits per heavy atom. The molecule has 11 heavy (non-hydrogen) atoms. The molecule has 0 saturated carbocycles. The third kappa shape index (κ3) is 3.76. The second kappa shape index (κ2) is 4.76. The molecule has 1 heterocycles. The Bertz CT molecular complexity index is 97.0. The van der Waals surface area contributed by atoms with Crippen molar-refractivity contribution in [1.29, 1.82) is 0 Å². The molecular formula is C10H23N. The molecule has 0 atom stereocenters. The van der Waals surface area contributed by atoms with E-state index in [0.717, 1.165) is 0 Å². The zero-order valence-corrected chi connectivity index (χ0v) is 8.78. The average molecular weight is 157 g/mol. The lowest BCUT2D eigenvalue weighted by Gasteiger charge is -2.17. The Kier molecular flexibility index (Phi) is 4.74. The Morgan fingerprint density at radius 3 is 2.00 bits per heavy atom. The van der Waals surface area contributed by atoms with E-state index in [9.17, 15) is 0 Å². The number of hydrogen-bond acceptors (Lipinski definition) is 1. The van der Waals surface area contributed by atoms with Crippen LogP contribution in [0.4, 0.5) is 0 Å². The van der Waals surface area contributed by atoms with E-state index in [2.05, 4.69) is 25.7 Å². The summed E-state index contributed by atoms with van der Waals surface area (Å²) < 4.78 is 0. The maximum Gasteiger partial charge on any atom is 0.00330 e. The largest absolute Gasteiger partial charge is 0.303 e. The topological polar surface area (TPSA) is 3.24 Å². The summed E-state index contributed by atoms with van der Waals surface area (Å²) in [5.41, 5.74) is 0.593. The number of likely N-dealkylation sites (tertiary alicyclic amines) is 1. The van der Waals surface area contributed by atoms with Crippen LogP contribution in [0, 0.1) is 5.41 Å². The van der Waals surface area contributed by atoms with Crippen molar-refractivity contribution in [2.75, 3.05) is 19.6 Å². The van der Waals surface area contributed by atoms with E-state index in [0.29, 0.717) is 5.41 Å². The molecule has 1 heteroatoms. The van der Waals surface area contributed by atoms with E-state index in [1.807, 2.05) is 13.8 Å². The van der Waals surface area contributed by atoms with Crippen LogP contribution in [-0.2, 0) is 0 Å². The first-order chi connectivity index (χ1) is 5.14. The lowest BCUT2D eigenvalue weighted by atomic mass is 9.93. The predicted molar refractivity (Wildman–Crippen MR) is 51.9 cm³/mol. The highest BCUT2D eigenvalue weighted by Gasteiger charge is 2.27. The lowest BCUT2D eigenvalue weighted by Crippen LogP contribution is -2.22. The molecule has 1 aliphatic rings. The van der Waals surface area contributed by atoms with E-state index >= 15 is 0 Å². The van der Waals surface area contributed by atoms with E-state index in [1.54, 1.807) is 0 Å². The van der Waals surface area contributed by atoms with Crippen molar-refractivity contribution in [2.24, 2.45) is 5.41 Å². The van der Waals surface area contributed by atoms with Gasteiger partial charge in [-0.25, -0.2) is 0 Å². The molecule has 0 N–H and O–H groups in total. The van der Waals surface area contributed by atoms with Crippen LogP contribution in [0.1, 0.15) is 41.0 Å². The smallest absolute Gasteiger partial charge is 0.00330 e. The number of hydrogen-bond donors (Lipinski definition) is 0. The van der Waals surface area contributed by atoms with Gasteiger partial charge < -0.3 is 4.90 Å². The first-order valence-electron chi connectivity index (χ1n) is 4.86. The zero-order valence-electron chi connectivity index (χ0n) is 8.78. The minimum absolute atomic E-state index is 0.593. The average Bonchev–Trinajstić information content (AvgIpc) is 2.34. The van der Waals surface area contributed by atoms with Crippen LogP contribution in [0.5, 0.6) is 0 Å². The molecule has 0 aromatic rings. The van der Waals surface area contributed by atoms with E-state index in [-0.39, 0.29) is 0 Å². The van der Waals surface area contributed by atoms with Gasteiger partial charge in [-0.15, -0.1) is 0 Å². The molecule has 0 aliphatic carbocycles. The molecule has 68 valence electrons. The minimum Gasteiger partial charge on any atom is -0.303 e. The van der Waals surface area contributed by atoms with Gasteiger partial charge in [0.25, 0.3) is 0 Å². The summed E-state index contributed by atoms with van der Waals surface area (Å²) in [5.74, 6) is 0. The Labute approximate surface area is 71.8 Å². The maximum absolute atomic E-state index is 2.51. The van der Waals surface area contributed by atoms with Crippen LogP contribution in [0.2, 0.25) is 0 Å². The molecule has 0 radical (unpaired) electrons. The van der Waals surface area contributed by atoms with Gasteiger partial charge in [-0.2, -0.15) is 0 Å². The normalized spacial score (nSPS) is 22.6. The summed E-state index contributed by atoms with van der Waals surface area (Å²) in [5, 5.41) is 0. The van der Waals surface area contributed by atoms with Crippen molar-refractivity contribution in [2.45, 2.75) is 41.0 Å². The van der Waals surface area contributed by atoms with Gasteiger partial charge in [0.1, 0.15) is 0 Å². The maximum atomic E-state index is 2.51. The van der Waals surface area contributed by atoms with Gasteiger partial charge in [-0.1, -0.05) is 34.6 Å². The summed E-state index contributed by atoms with van der Waals surface area (Å²) in [4.78, 5) is 2.51. The molecule has 0 aromatic heterocycles. The summed E-state index contributed by atoms with van der Waals surface area (Å²) in [7, 11) is 0. The van der Waals surface area contributed by atoms with Gasteiger partial charge >= 0.3 is 0 Å². The van der Waals surface area contributed by atoms with Crippen LogP contribution >= 0.6 is 0 Å². The standard InChI is InChI=1S/C8H17N.C2H6/c1-4-9-6-5-8(2,3)7-9;1-2/h4-7H2,1-3H3;1-2H3. The first-order valence-corrected chi connectivity index (χ1v) is 4.86. The Balaban J connectivity index is 0.000000461. The molecule has 0 aromatic carbocycles. The molecule has 1 aliphatic heterocycles. The molecule has 0 bridgehead atoms. The van der Waals surface area contributed by atoms with Gasteiger partial charge in [0.2, 0.25) is 0 Å². The third-order valence-electron chi connectivity index (χ3n) is 2.20.